The van der Waals surface area contributed by atoms with Gasteiger partial charge in [-0.3, -0.25) is 20.3 Å². The van der Waals surface area contributed by atoms with Gasteiger partial charge in [-0.05, 0) is 52.2 Å². The van der Waals surface area contributed by atoms with E-state index in [1.807, 2.05) is 19.2 Å². The van der Waals surface area contributed by atoms with Gasteiger partial charge in [0.05, 0.1) is 40.1 Å². The van der Waals surface area contributed by atoms with Crippen LogP contribution in [0.1, 0.15) is 50.8 Å². The minimum Gasteiger partial charge on any atom is -0.450 e. The molecule has 3 N–H and O–H groups in total. The van der Waals surface area contributed by atoms with E-state index in [9.17, 15) is 19.6 Å². The second-order valence-electron chi connectivity index (χ2n) is 8.05. The first-order valence-corrected chi connectivity index (χ1v) is 12.1. The van der Waals surface area contributed by atoms with Gasteiger partial charge in [-0.25, -0.2) is 9.89 Å². The van der Waals surface area contributed by atoms with Crippen molar-refractivity contribution in [2.75, 3.05) is 12.0 Å². The molecule has 0 saturated heterocycles. The number of alkyl carbamates (subject to hydrolysis) is 1. The third-order valence-electron chi connectivity index (χ3n) is 5.04. The van der Waals surface area contributed by atoms with E-state index in [1.165, 1.54) is 12.1 Å². The number of hydrogen-bond donors (Lipinski definition) is 3. The minimum atomic E-state index is -1.06. The van der Waals surface area contributed by atoms with Crippen LogP contribution < -0.4 is 21.0 Å². The quantitative estimate of drug-likeness (QED) is 0.321. The molecule has 14 heteroatoms. The summed E-state index contributed by atoms with van der Waals surface area (Å²) in [5.74, 6) is -0.831. The standard InChI is InChI=1S/C23H24Cl2N6O6/c1-4-35-23(34)27-20(32)16(10-26)29-28-12-8-14(24)19(15(25)9-12)37-22-13-6-5-7-17(36-11(2)3)18(13)21(33)30-31-22/h8-9,11,17,28H,4-7H2,1-3H3,(H,30,33)(H,27,32,34)/b29-16-. The van der Waals surface area contributed by atoms with Gasteiger partial charge in [0.25, 0.3) is 11.5 Å². The first kappa shape index (κ1) is 27.9. The van der Waals surface area contributed by atoms with E-state index >= 15 is 0 Å². The van der Waals surface area contributed by atoms with Crippen molar-refractivity contribution >= 4 is 46.6 Å². The number of benzene rings is 1. The van der Waals surface area contributed by atoms with Crippen LogP contribution in [0.25, 0.3) is 0 Å². The van der Waals surface area contributed by atoms with Gasteiger partial charge in [-0.2, -0.15) is 10.4 Å². The van der Waals surface area contributed by atoms with Crippen LogP contribution in [0.4, 0.5) is 10.5 Å². The van der Waals surface area contributed by atoms with Gasteiger partial charge < -0.3 is 14.2 Å². The summed E-state index contributed by atoms with van der Waals surface area (Å²) in [4.78, 5) is 35.9. The van der Waals surface area contributed by atoms with Gasteiger partial charge in [0.15, 0.2) is 5.75 Å². The number of H-pyrrole nitrogens is 1. The number of ether oxygens (including phenoxy) is 3. The highest BCUT2D eigenvalue weighted by molar-refractivity contribution is 6.47. The second-order valence-corrected chi connectivity index (χ2v) is 8.86. The first-order valence-electron chi connectivity index (χ1n) is 11.3. The van der Waals surface area contributed by atoms with E-state index in [-0.39, 0.29) is 51.7 Å². The summed E-state index contributed by atoms with van der Waals surface area (Å²) >= 11 is 12.8. The lowest BCUT2D eigenvalue weighted by molar-refractivity contribution is -0.114. The molecule has 12 nitrogen and oxygen atoms in total. The number of rotatable bonds is 8. The minimum absolute atomic E-state index is 0.0471. The van der Waals surface area contributed by atoms with Crippen molar-refractivity contribution in [3.63, 3.8) is 0 Å². The van der Waals surface area contributed by atoms with Crippen LogP contribution in [0.2, 0.25) is 10.0 Å². The number of aromatic nitrogens is 2. The Morgan fingerprint density at radius 1 is 1.32 bits per heavy atom. The molecule has 1 aliphatic rings. The summed E-state index contributed by atoms with van der Waals surface area (Å²) in [5, 5.41) is 21.3. The fraction of sp³-hybridized carbons (Fsp3) is 0.391. The number of anilines is 1. The van der Waals surface area contributed by atoms with Crippen molar-refractivity contribution < 1.29 is 23.8 Å². The Morgan fingerprint density at radius 3 is 2.65 bits per heavy atom. The van der Waals surface area contributed by atoms with Crippen LogP contribution in [0.3, 0.4) is 0 Å². The molecule has 1 aromatic carbocycles. The zero-order valence-electron chi connectivity index (χ0n) is 20.2. The topological polar surface area (TPSA) is 168 Å². The highest BCUT2D eigenvalue weighted by Gasteiger charge is 2.29. The molecule has 37 heavy (non-hydrogen) atoms. The highest BCUT2D eigenvalue weighted by atomic mass is 35.5. The van der Waals surface area contributed by atoms with Crippen LogP contribution >= 0.6 is 23.2 Å². The Bertz CT molecular complexity index is 1300. The Kier molecular flexibility index (Phi) is 9.46. The number of nitriles is 1. The molecule has 196 valence electrons. The van der Waals surface area contributed by atoms with Crippen molar-refractivity contribution in [2.45, 2.75) is 52.2 Å². The predicted octanol–water partition coefficient (Wildman–Crippen LogP) is 4.24. The number of carbonyl (C=O) groups excluding carboxylic acids is 2. The van der Waals surface area contributed by atoms with Crippen molar-refractivity contribution in [3.05, 3.63) is 43.7 Å². The number of nitrogens with zero attached hydrogens (tertiary/aromatic N) is 3. The van der Waals surface area contributed by atoms with E-state index in [1.54, 1.807) is 13.0 Å². The van der Waals surface area contributed by atoms with Crippen LogP contribution in [0, 0.1) is 11.3 Å². The largest absolute Gasteiger partial charge is 0.450 e. The zero-order valence-corrected chi connectivity index (χ0v) is 21.7. The third-order valence-corrected chi connectivity index (χ3v) is 5.61. The molecule has 0 fully saturated rings. The maximum Gasteiger partial charge on any atom is 0.414 e. The second kappa shape index (κ2) is 12.5. The number of nitrogens with one attached hydrogen (secondary N) is 3. The van der Waals surface area contributed by atoms with E-state index in [2.05, 4.69) is 25.5 Å². The molecule has 0 aliphatic heterocycles. The maximum atomic E-state index is 12.5. The molecule has 1 heterocycles. The van der Waals surface area contributed by atoms with Gasteiger partial charge in [-0.15, -0.1) is 5.10 Å². The van der Waals surface area contributed by atoms with Crippen LogP contribution in [-0.2, 0) is 20.7 Å². The van der Waals surface area contributed by atoms with Crippen molar-refractivity contribution in [1.29, 1.82) is 5.26 Å². The molecule has 0 spiro atoms. The lowest BCUT2D eigenvalue weighted by Gasteiger charge is -2.27. The van der Waals surface area contributed by atoms with Crippen LogP contribution in [-0.4, -0.2) is 40.6 Å². The predicted molar refractivity (Wildman–Crippen MR) is 135 cm³/mol. The Hall–Kier alpha value is -3.66. The number of fused-ring (bicyclic) bond motifs is 1. The molecular weight excluding hydrogens is 527 g/mol. The molecule has 1 aliphatic carbocycles. The number of halogens is 2. The molecule has 3 rings (SSSR count). The summed E-state index contributed by atoms with van der Waals surface area (Å²) in [7, 11) is 0. The van der Waals surface area contributed by atoms with E-state index in [4.69, 9.17) is 32.7 Å². The fourth-order valence-corrected chi connectivity index (χ4v) is 4.17. The molecule has 2 amide bonds. The number of aromatic amines is 1. The lowest BCUT2D eigenvalue weighted by Crippen LogP contribution is -2.36. The smallest absolute Gasteiger partial charge is 0.414 e. The maximum absolute atomic E-state index is 12.5. The summed E-state index contributed by atoms with van der Waals surface area (Å²) in [6.45, 7) is 5.40. The molecule has 0 radical (unpaired) electrons. The van der Waals surface area contributed by atoms with Gasteiger partial charge in [-0.1, -0.05) is 23.2 Å². The normalized spacial score (nSPS) is 14.9. The van der Waals surface area contributed by atoms with Gasteiger partial charge >= 0.3 is 6.09 Å². The zero-order chi connectivity index (χ0) is 27.1. The van der Waals surface area contributed by atoms with Gasteiger partial charge in [0.1, 0.15) is 6.07 Å². The van der Waals surface area contributed by atoms with E-state index < -0.39 is 17.7 Å². The number of amides is 2. The number of carbonyl (C=O) groups is 2. The number of hydrazone groups is 1. The van der Waals surface area contributed by atoms with Gasteiger partial charge in [0.2, 0.25) is 11.6 Å². The van der Waals surface area contributed by atoms with Crippen LogP contribution in [0.5, 0.6) is 11.6 Å². The van der Waals surface area contributed by atoms with Crippen molar-refractivity contribution in [1.82, 2.24) is 15.5 Å². The van der Waals surface area contributed by atoms with Crippen molar-refractivity contribution in [3.8, 4) is 17.7 Å². The SMILES string of the molecule is CCOC(=O)NC(=O)/C(C#N)=N\Nc1cc(Cl)c(Oc2n[nH]c(=O)c3c2CCCC3OC(C)C)c(Cl)c1. The summed E-state index contributed by atoms with van der Waals surface area (Å²) in [6.07, 6.45) is 0.569. The summed E-state index contributed by atoms with van der Waals surface area (Å²) in [6, 6.07) is 4.36. The van der Waals surface area contributed by atoms with E-state index in [0.29, 0.717) is 24.0 Å². The number of imide groups is 1. The highest BCUT2D eigenvalue weighted by Crippen LogP contribution is 2.41. The monoisotopic (exact) mass is 550 g/mol. The Labute approximate surface area is 221 Å². The summed E-state index contributed by atoms with van der Waals surface area (Å²) < 4.78 is 16.4. The summed E-state index contributed by atoms with van der Waals surface area (Å²) in [5.41, 5.74) is 2.81. The average Bonchev–Trinajstić information content (AvgIpc) is 2.83. The van der Waals surface area contributed by atoms with Crippen molar-refractivity contribution in [2.24, 2.45) is 5.10 Å². The molecule has 0 saturated carbocycles. The molecule has 1 aromatic heterocycles. The molecular formula is C23H24Cl2N6O6. The first-order chi connectivity index (χ1) is 17.6. The third kappa shape index (κ3) is 6.97. The average molecular weight is 551 g/mol. The number of hydrogen-bond acceptors (Lipinski definition) is 10. The van der Waals surface area contributed by atoms with E-state index in [0.717, 1.165) is 6.42 Å². The molecule has 1 unspecified atom stereocenters. The molecule has 1 atom stereocenters. The van der Waals surface area contributed by atoms with Gasteiger partial charge in [0, 0.05) is 5.56 Å². The lowest BCUT2D eigenvalue weighted by atomic mass is 9.91. The molecule has 2 aromatic rings. The molecule has 0 bridgehead atoms. The Morgan fingerprint density at radius 2 is 2.03 bits per heavy atom. The van der Waals surface area contributed by atoms with Crippen LogP contribution in [0.15, 0.2) is 22.0 Å². The Balaban J connectivity index is 1.83. The fourth-order valence-electron chi connectivity index (χ4n) is 3.61.